The summed E-state index contributed by atoms with van der Waals surface area (Å²) in [7, 11) is -4.41. The van der Waals surface area contributed by atoms with Crippen LogP contribution in [0.25, 0.3) is 0 Å². The Morgan fingerprint density at radius 3 is 2.28 bits per heavy atom. The van der Waals surface area contributed by atoms with Gasteiger partial charge in [0.2, 0.25) is 11.8 Å². The number of rotatable bonds is 16. The summed E-state index contributed by atoms with van der Waals surface area (Å²) in [5.41, 5.74) is 5.59. The van der Waals surface area contributed by atoms with Crippen molar-refractivity contribution in [2.24, 2.45) is 11.7 Å². The minimum atomic E-state index is -4.41. The van der Waals surface area contributed by atoms with Crippen LogP contribution in [-0.2, 0) is 23.5 Å². The molecule has 2 unspecified atom stereocenters. The average Bonchev–Trinajstić information content (AvgIpc) is 3.21. The first-order valence-corrected chi connectivity index (χ1v) is 16.1. The number of hydrogen-bond donors (Lipinski definition) is 5. The van der Waals surface area contributed by atoms with E-state index in [1.165, 1.54) is 6.92 Å². The van der Waals surface area contributed by atoms with Gasteiger partial charge in [-0.25, -0.2) is 4.79 Å². The van der Waals surface area contributed by atoms with Gasteiger partial charge in [-0.1, -0.05) is 26.2 Å². The molecule has 39 heavy (non-hydrogen) atoms. The summed E-state index contributed by atoms with van der Waals surface area (Å²) in [5.74, 6) is -1.46. The zero-order chi connectivity index (χ0) is 29.2. The third-order valence-electron chi connectivity index (χ3n) is 8.05. The van der Waals surface area contributed by atoms with Crippen LogP contribution in [0.3, 0.4) is 0 Å². The zero-order valence-electron chi connectivity index (χ0n) is 23.6. The molecule has 1 heterocycles. The number of carboxylic acid groups (broad SMARTS) is 1. The second-order valence-electron chi connectivity index (χ2n) is 11.1. The third kappa shape index (κ3) is 9.08. The van der Waals surface area contributed by atoms with Crippen molar-refractivity contribution in [3.8, 4) is 0 Å². The molecule has 12 nitrogen and oxygen atoms in total. The molecule has 1 aliphatic carbocycles. The summed E-state index contributed by atoms with van der Waals surface area (Å²) in [6.45, 7) is 5.49. The standard InChI is InChI=1S/C26H47N4O8P/c1-4-5-13-21(28-24(32)22(14-6-7-15-27)29-23(31)20-11-8-12-20)17-39(36,37)38-19(3)25(33)30(26(34)35)16-9-10-18(30)2/h18-22H,4-17,27H2,1-3H3,(H3-,28,29,31,32,34,35,36,37)/p+1/t18-,19+,21+,22+,30?/m1/s1. The van der Waals surface area contributed by atoms with Crippen molar-refractivity contribution in [1.82, 2.24) is 10.6 Å². The average molecular weight is 576 g/mol. The molecule has 1 aliphatic heterocycles. The number of nitrogens with two attached hydrogens (primary N) is 1. The molecule has 6 atom stereocenters. The smallest absolute Gasteiger partial charge is 0.435 e. The Morgan fingerprint density at radius 1 is 1.08 bits per heavy atom. The number of nitrogens with one attached hydrogen (secondary N) is 2. The van der Waals surface area contributed by atoms with Crippen molar-refractivity contribution in [3.63, 3.8) is 0 Å². The summed E-state index contributed by atoms with van der Waals surface area (Å²) in [6, 6.07) is -1.99. The first-order chi connectivity index (χ1) is 18.4. The van der Waals surface area contributed by atoms with Crippen molar-refractivity contribution in [2.45, 2.75) is 116 Å². The third-order valence-corrected chi connectivity index (χ3v) is 9.60. The van der Waals surface area contributed by atoms with Crippen LogP contribution in [0.1, 0.15) is 91.4 Å². The lowest BCUT2D eigenvalue weighted by molar-refractivity contribution is -0.793. The van der Waals surface area contributed by atoms with Gasteiger partial charge in [-0.2, -0.15) is 9.28 Å². The quantitative estimate of drug-likeness (QED) is 0.105. The molecule has 0 spiro atoms. The summed E-state index contributed by atoms with van der Waals surface area (Å²) >= 11 is 0. The largest absolute Gasteiger partial charge is 0.521 e. The highest BCUT2D eigenvalue weighted by atomic mass is 31.2. The molecular formula is C26H48N4O8P+. The maximum absolute atomic E-state index is 13.2. The molecular weight excluding hydrogens is 527 g/mol. The highest BCUT2D eigenvalue weighted by molar-refractivity contribution is 7.52. The molecule has 2 rings (SSSR count). The van der Waals surface area contributed by atoms with Crippen molar-refractivity contribution >= 4 is 31.4 Å². The molecule has 4 amide bonds. The predicted molar refractivity (Wildman–Crippen MR) is 146 cm³/mol. The molecule has 224 valence electrons. The van der Waals surface area contributed by atoms with Crippen LogP contribution < -0.4 is 16.4 Å². The summed E-state index contributed by atoms with van der Waals surface area (Å²) in [4.78, 5) is 61.7. The molecule has 13 heteroatoms. The minimum absolute atomic E-state index is 0.0918. The van der Waals surface area contributed by atoms with Gasteiger partial charge >= 0.3 is 19.6 Å². The van der Waals surface area contributed by atoms with E-state index in [0.29, 0.717) is 51.5 Å². The van der Waals surface area contributed by atoms with Crippen LogP contribution in [0.15, 0.2) is 0 Å². The van der Waals surface area contributed by atoms with Crippen molar-refractivity contribution in [3.05, 3.63) is 0 Å². The molecule has 0 aromatic rings. The number of nitrogens with zero attached hydrogens (tertiary/aromatic N) is 1. The van der Waals surface area contributed by atoms with E-state index in [-0.39, 0.29) is 18.4 Å². The van der Waals surface area contributed by atoms with Crippen molar-refractivity contribution in [1.29, 1.82) is 0 Å². The maximum Gasteiger partial charge on any atom is 0.521 e. The highest BCUT2D eigenvalue weighted by Crippen LogP contribution is 2.45. The molecule has 1 saturated carbocycles. The fourth-order valence-corrected chi connectivity index (χ4v) is 6.91. The number of carbonyl (C=O) groups excluding carboxylic acids is 3. The number of hydrogen-bond acceptors (Lipinski definition) is 7. The first kappa shape index (κ1) is 33.4. The number of imide groups is 1. The number of amides is 4. The van der Waals surface area contributed by atoms with E-state index >= 15 is 0 Å². The van der Waals surface area contributed by atoms with Crippen LogP contribution in [0.2, 0.25) is 0 Å². The number of carbonyl (C=O) groups is 4. The predicted octanol–water partition coefficient (Wildman–Crippen LogP) is 2.87. The van der Waals surface area contributed by atoms with E-state index in [2.05, 4.69) is 10.6 Å². The Bertz CT molecular complexity index is 914. The lowest BCUT2D eigenvalue weighted by atomic mass is 9.84. The monoisotopic (exact) mass is 575 g/mol. The molecule has 0 aromatic carbocycles. The Morgan fingerprint density at radius 2 is 1.77 bits per heavy atom. The lowest BCUT2D eigenvalue weighted by Crippen LogP contribution is -2.61. The van der Waals surface area contributed by atoms with Gasteiger partial charge in [-0.3, -0.25) is 18.7 Å². The van der Waals surface area contributed by atoms with Crippen LogP contribution in [0.5, 0.6) is 0 Å². The first-order valence-electron chi connectivity index (χ1n) is 14.3. The summed E-state index contributed by atoms with van der Waals surface area (Å²) < 4.78 is 17.6. The van der Waals surface area contributed by atoms with Gasteiger partial charge in [0.25, 0.3) is 0 Å². The normalized spacial score (nSPS) is 25.1. The van der Waals surface area contributed by atoms with Gasteiger partial charge in [-0.05, 0) is 58.9 Å². The van der Waals surface area contributed by atoms with Crippen molar-refractivity contribution in [2.75, 3.05) is 19.3 Å². The van der Waals surface area contributed by atoms with Crippen LogP contribution in [0, 0.1) is 5.92 Å². The van der Waals surface area contributed by atoms with Gasteiger partial charge in [0.05, 0.1) is 12.7 Å². The fraction of sp³-hybridized carbons (Fsp3) is 0.846. The van der Waals surface area contributed by atoms with E-state index in [9.17, 15) is 33.7 Å². The van der Waals surface area contributed by atoms with E-state index < -0.39 is 60.4 Å². The highest BCUT2D eigenvalue weighted by Gasteiger charge is 2.55. The van der Waals surface area contributed by atoms with Gasteiger partial charge in [0.15, 0.2) is 6.10 Å². The molecule has 0 aromatic heterocycles. The number of quaternary nitrogens is 1. The Labute approximate surface area is 231 Å². The zero-order valence-corrected chi connectivity index (χ0v) is 24.5. The van der Waals surface area contributed by atoms with Gasteiger partial charge in [-0.15, -0.1) is 0 Å². The van der Waals surface area contributed by atoms with Gasteiger partial charge < -0.3 is 26.4 Å². The topological polar surface area (TPSA) is 185 Å². The lowest BCUT2D eigenvalue weighted by Gasteiger charge is -2.32. The Balaban J connectivity index is 2.09. The second kappa shape index (κ2) is 15.2. The van der Waals surface area contributed by atoms with Gasteiger partial charge in [0, 0.05) is 24.8 Å². The van der Waals surface area contributed by atoms with Crippen LogP contribution >= 0.6 is 7.60 Å². The maximum atomic E-state index is 13.2. The summed E-state index contributed by atoms with van der Waals surface area (Å²) in [5, 5.41) is 15.5. The Hall–Kier alpha value is -1.85. The van der Waals surface area contributed by atoms with E-state index in [0.717, 1.165) is 25.7 Å². The van der Waals surface area contributed by atoms with E-state index in [4.69, 9.17) is 10.3 Å². The van der Waals surface area contributed by atoms with Crippen LogP contribution in [0.4, 0.5) is 4.79 Å². The molecule has 0 radical (unpaired) electrons. The van der Waals surface area contributed by atoms with Crippen LogP contribution in [-0.4, -0.2) is 81.8 Å². The van der Waals surface area contributed by atoms with Crippen molar-refractivity contribution < 1.29 is 42.7 Å². The molecule has 0 bridgehead atoms. The van der Waals surface area contributed by atoms with Gasteiger partial charge in [0.1, 0.15) is 12.1 Å². The molecule has 1 saturated heterocycles. The molecule has 6 N–H and O–H groups in total. The summed E-state index contributed by atoms with van der Waals surface area (Å²) in [6.07, 6.45) is 4.11. The number of likely N-dealkylation sites (tertiary alicyclic amines) is 1. The fourth-order valence-electron chi connectivity index (χ4n) is 5.40. The molecule has 2 fully saturated rings. The second-order valence-corrected chi connectivity index (χ2v) is 12.9. The minimum Gasteiger partial charge on any atom is -0.435 e. The number of unbranched alkanes of at least 4 members (excludes halogenated alkanes) is 2. The Kier molecular flexibility index (Phi) is 13.0. The van der Waals surface area contributed by atoms with E-state index in [1.54, 1.807) is 6.92 Å². The van der Waals surface area contributed by atoms with E-state index in [1.807, 2.05) is 6.92 Å². The molecule has 2 aliphatic rings. The SMILES string of the molecule is CCCC[C@@H](CP(=O)(O)O[C@@H](C)C(=O)[N+]1(C(=O)O)CCC[C@H]1C)NC(=O)[C@H](CCCCN)NC(=O)C1CCC1.